The van der Waals surface area contributed by atoms with E-state index in [-0.39, 0.29) is 16.6 Å². The zero-order valence-corrected chi connectivity index (χ0v) is 9.27. The lowest BCUT2D eigenvalue weighted by Gasteiger charge is -2.11. The van der Waals surface area contributed by atoms with Crippen LogP contribution in [0.2, 0.25) is 0 Å². The number of halogens is 5. The lowest BCUT2D eigenvalue weighted by molar-refractivity contribution is -0.276. The Labute approximate surface area is 96.2 Å². The zero-order chi connectivity index (χ0) is 12.3. The predicted molar refractivity (Wildman–Crippen MR) is 49.4 cm³/mol. The Morgan fingerprint density at radius 2 is 2.06 bits per heavy atom. The Morgan fingerprint density at radius 3 is 2.50 bits per heavy atom. The monoisotopic (exact) mass is 303 g/mol. The van der Waals surface area contributed by atoms with Crippen LogP contribution in [0.15, 0.2) is 6.07 Å². The van der Waals surface area contributed by atoms with E-state index >= 15 is 0 Å². The third-order valence-corrected chi connectivity index (χ3v) is 2.17. The molecule has 0 amide bonds. The maximum absolute atomic E-state index is 13.2. The van der Waals surface area contributed by atoms with E-state index in [0.29, 0.717) is 6.07 Å². The van der Waals surface area contributed by atoms with Gasteiger partial charge in [-0.3, -0.25) is 0 Å². The molecule has 16 heavy (non-hydrogen) atoms. The van der Waals surface area contributed by atoms with E-state index in [0.717, 1.165) is 0 Å². The van der Waals surface area contributed by atoms with Crippen molar-refractivity contribution in [3.05, 3.63) is 23.1 Å². The lowest BCUT2D eigenvalue weighted by atomic mass is 10.2. The van der Waals surface area contributed by atoms with Crippen molar-refractivity contribution in [2.45, 2.75) is 18.3 Å². The first-order chi connectivity index (χ1) is 7.37. The van der Waals surface area contributed by atoms with Gasteiger partial charge < -0.3 is 9.84 Å². The Morgan fingerprint density at radius 1 is 1.44 bits per heavy atom. The van der Waals surface area contributed by atoms with Crippen LogP contribution in [0.4, 0.5) is 17.6 Å². The summed E-state index contributed by atoms with van der Waals surface area (Å²) in [5.74, 6) is -1.89. The molecule has 0 unspecified atom stereocenters. The highest BCUT2D eigenvalue weighted by Crippen LogP contribution is 2.25. The molecule has 1 rings (SSSR count). The number of aromatic nitrogens is 1. The maximum atomic E-state index is 13.2. The average molecular weight is 304 g/mol. The summed E-state index contributed by atoms with van der Waals surface area (Å²) in [6.45, 7) is -0.647. The van der Waals surface area contributed by atoms with Crippen LogP contribution in [0.5, 0.6) is 5.88 Å². The van der Waals surface area contributed by atoms with Crippen molar-refractivity contribution in [2.24, 2.45) is 0 Å². The van der Waals surface area contributed by atoms with Gasteiger partial charge in [0.1, 0.15) is 5.82 Å². The Balaban J connectivity index is 3.10. The summed E-state index contributed by atoms with van der Waals surface area (Å²) in [5, 5.41) is 8.80. The van der Waals surface area contributed by atoms with Gasteiger partial charge in [-0.2, -0.15) is 0 Å². The summed E-state index contributed by atoms with van der Waals surface area (Å²) in [6, 6.07) is 0.477. The average Bonchev–Trinajstić information content (AvgIpc) is 2.14. The van der Waals surface area contributed by atoms with Crippen LogP contribution in [0.1, 0.15) is 11.3 Å². The first kappa shape index (κ1) is 13.2. The molecule has 0 aromatic carbocycles. The molecular weight excluding hydrogens is 298 g/mol. The fourth-order valence-corrected chi connectivity index (χ4v) is 1.48. The number of hydrogen-bond acceptors (Lipinski definition) is 3. The summed E-state index contributed by atoms with van der Waals surface area (Å²) in [4.78, 5) is 3.42. The first-order valence-electron chi connectivity index (χ1n) is 3.98. The summed E-state index contributed by atoms with van der Waals surface area (Å²) in [6.07, 6.45) is -4.93. The molecule has 0 bridgehead atoms. The molecule has 90 valence electrons. The molecule has 0 saturated heterocycles. The highest BCUT2D eigenvalue weighted by Gasteiger charge is 2.32. The minimum atomic E-state index is -4.93. The molecule has 1 heterocycles. The molecule has 0 atom stereocenters. The molecule has 0 radical (unpaired) electrons. The molecule has 0 saturated carbocycles. The molecular formula is C8H6BrF4NO2. The summed E-state index contributed by atoms with van der Waals surface area (Å²) >= 11 is 2.92. The number of pyridine rings is 1. The normalized spacial score (nSPS) is 11.6. The van der Waals surface area contributed by atoms with Gasteiger partial charge in [0, 0.05) is 17.0 Å². The van der Waals surface area contributed by atoms with Crippen LogP contribution in [0.25, 0.3) is 0 Å². The molecule has 0 aliphatic rings. The Bertz CT molecular complexity index is 383. The van der Waals surface area contributed by atoms with E-state index in [2.05, 4.69) is 25.7 Å². The van der Waals surface area contributed by atoms with Gasteiger partial charge in [-0.25, -0.2) is 9.37 Å². The van der Waals surface area contributed by atoms with E-state index in [1.54, 1.807) is 0 Å². The van der Waals surface area contributed by atoms with Gasteiger partial charge in [0.25, 0.3) is 0 Å². The van der Waals surface area contributed by atoms with Crippen LogP contribution >= 0.6 is 15.9 Å². The SMILES string of the molecule is OCc1c(F)cc(OC(F)(F)F)nc1CBr. The molecule has 3 nitrogen and oxygen atoms in total. The predicted octanol–water partition coefficient (Wildman–Crippen LogP) is 2.51. The topological polar surface area (TPSA) is 42.4 Å². The number of hydrogen-bond donors (Lipinski definition) is 1. The van der Waals surface area contributed by atoms with Crippen LogP contribution in [-0.2, 0) is 11.9 Å². The number of alkyl halides is 4. The molecule has 8 heteroatoms. The Kier molecular flexibility index (Phi) is 4.09. The number of rotatable bonds is 3. The highest BCUT2D eigenvalue weighted by molar-refractivity contribution is 9.08. The van der Waals surface area contributed by atoms with Gasteiger partial charge in [0.2, 0.25) is 5.88 Å². The Hall–Kier alpha value is -0.890. The number of nitrogens with zero attached hydrogens (tertiary/aromatic N) is 1. The summed E-state index contributed by atoms with van der Waals surface area (Å²) in [7, 11) is 0. The van der Waals surface area contributed by atoms with Crippen LogP contribution in [0, 0.1) is 5.82 Å². The van der Waals surface area contributed by atoms with Crippen molar-refractivity contribution < 1.29 is 27.4 Å². The molecule has 1 aromatic heterocycles. The quantitative estimate of drug-likeness (QED) is 0.689. The maximum Gasteiger partial charge on any atom is 0.574 e. The van der Waals surface area contributed by atoms with Gasteiger partial charge in [-0.05, 0) is 0 Å². The van der Waals surface area contributed by atoms with Gasteiger partial charge >= 0.3 is 6.36 Å². The minimum Gasteiger partial charge on any atom is -0.391 e. The van der Waals surface area contributed by atoms with E-state index in [4.69, 9.17) is 5.11 Å². The fraction of sp³-hybridized carbons (Fsp3) is 0.375. The number of aliphatic hydroxyl groups is 1. The standard InChI is InChI=1S/C8H6BrF4NO2/c9-2-6-4(3-15)5(10)1-7(14-6)16-8(11,12)13/h1,15H,2-3H2. The van der Waals surface area contributed by atoms with Gasteiger partial charge in [0.15, 0.2) is 0 Å². The summed E-state index contributed by atoms with van der Waals surface area (Å²) < 4.78 is 52.2. The van der Waals surface area contributed by atoms with E-state index in [1.165, 1.54) is 0 Å². The molecule has 1 aromatic rings. The highest BCUT2D eigenvalue weighted by atomic mass is 79.9. The van der Waals surface area contributed by atoms with Crippen molar-refractivity contribution in [3.63, 3.8) is 0 Å². The van der Waals surface area contributed by atoms with Crippen molar-refractivity contribution in [1.29, 1.82) is 0 Å². The molecule has 0 fully saturated rings. The lowest BCUT2D eigenvalue weighted by Crippen LogP contribution is -2.18. The van der Waals surface area contributed by atoms with Crippen molar-refractivity contribution in [2.75, 3.05) is 0 Å². The van der Waals surface area contributed by atoms with Crippen molar-refractivity contribution in [3.8, 4) is 5.88 Å². The van der Waals surface area contributed by atoms with Gasteiger partial charge in [-0.15, -0.1) is 13.2 Å². The van der Waals surface area contributed by atoms with Gasteiger partial charge in [0.05, 0.1) is 12.3 Å². The van der Waals surface area contributed by atoms with E-state index in [9.17, 15) is 17.6 Å². The summed E-state index contributed by atoms with van der Waals surface area (Å²) in [5.41, 5.74) is -0.201. The molecule has 0 aliphatic heterocycles. The van der Waals surface area contributed by atoms with Gasteiger partial charge in [-0.1, -0.05) is 15.9 Å². The van der Waals surface area contributed by atoms with E-state index in [1.807, 2.05) is 0 Å². The van der Waals surface area contributed by atoms with Crippen LogP contribution < -0.4 is 4.74 Å². The second-order valence-electron chi connectivity index (χ2n) is 2.71. The second-order valence-corrected chi connectivity index (χ2v) is 3.27. The zero-order valence-electron chi connectivity index (χ0n) is 7.68. The molecule has 0 spiro atoms. The van der Waals surface area contributed by atoms with Crippen molar-refractivity contribution in [1.82, 2.24) is 4.98 Å². The molecule has 1 N–H and O–H groups in total. The third kappa shape index (κ3) is 3.31. The largest absolute Gasteiger partial charge is 0.574 e. The minimum absolute atomic E-state index is 0.00880. The van der Waals surface area contributed by atoms with E-state index < -0.39 is 24.7 Å². The van der Waals surface area contributed by atoms with Crippen LogP contribution in [0.3, 0.4) is 0 Å². The third-order valence-electron chi connectivity index (χ3n) is 1.64. The second kappa shape index (κ2) is 4.96. The van der Waals surface area contributed by atoms with Crippen LogP contribution in [-0.4, -0.2) is 16.5 Å². The molecule has 0 aliphatic carbocycles. The fourth-order valence-electron chi connectivity index (χ4n) is 1.01. The number of ether oxygens (including phenoxy) is 1. The number of aliphatic hydroxyl groups excluding tert-OH is 1. The van der Waals surface area contributed by atoms with Crippen molar-refractivity contribution >= 4 is 15.9 Å². The smallest absolute Gasteiger partial charge is 0.391 e. The first-order valence-corrected chi connectivity index (χ1v) is 5.10.